The molecular formula is C13H23N3. The Kier molecular flexibility index (Phi) is 2.34. The molecule has 1 aromatic rings. The summed E-state index contributed by atoms with van der Waals surface area (Å²) in [4.78, 5) is 2.44. The smallest absolute Gasteiger partial charge is 0.127 e. The lowest BCUT2D eigenvalue weighted by Crippen LogP contribution is -2.40. The van der Waals surface area contributed by atoms with Crippen LogP contribution in [0.2, 0.25) is 0 Å². The number of hydrogen-bond acceptors (Lipinski definition) is 2. The van der Waals surface area contributed by atoms with Crippen LogP contribution in [0.3, 0.4) is 0 Å². The zero-order valence-corrected chi connectivity index (χ0v) is 11.3. The van der Waals surface area contributed by atoms with Crippen molar-refractivity contribution in [3.63, 3.8) is 0 Å². The molecule has 90 valence electrons. The van der Waals surface area contributed by atoms with E-state index in [1.54, 1.807) is 0 Å². The fourth-order valence-corrected chi connectivity index (χ4v) is 2.14. The highest BCUT2D eigenvalue weighted by Crippen LogP contribution is 2.32. The van der Waals surface area contributed by atoms with Crippen LogP contribution in [0.5, 0.6) is 0 Å². The van der Waals surface area contributed by atoms with Gasteiger partial charge in [-0.3, -0.25) is 0 Å². The molecule has 1 aliphatic heterocycles. The van der Waals surface area contributed by atoms with Gasteiger partial charge in [0.15, 0.2) is 0 Å². The minimum Gasteiger partial charge on any atom is -0.350 e. The topological polar surface area (TPSA) is 21.1 Å². The molecule has 3 nitrogen and oxygen atoms in total. The van der Waals surface area contributed by atoms with Crippen LogP contribution in [0.15, 0.2) is 6.07 Å². The predicted molar refractivity (Wildman–Crippen MR) is 68.0 cm³/mol. The van der Waals surface area contributed by atoms with E-state index >= 15 is 0 Å². The van der Waals surface area contributed by atoms with Crippen molar-refractivity contribution in [2.75, 3.05) is 11.4 Å². The molecule has 0 aromatic carbocycles. The van der Waals surface area contributed by atoms with Crippen LogP contribution in [0, 0.1) is 0 Å². The predicted octanol–water partition coefficient (Wildman–Crippen LogP) is 2.80. The number of rotatable bonds is 0. The normalized spacial score (nSPS) is 16.8. The van der Waals surface area contributed by atoms with Gasteiger partial charge < -0.3 is 4.90 Å². The Hall–Kier alpha value is -0.990. The molecule has 0 fully saturated rings. The Morgan fingerprint density at radius 1 is 1.06 bits per heavy atom. The molecule has 0 amide bonds. The van der Waals surface area contributed by atoms with Gasteiger partial charge in [0.2, 0.25) is 0 Å². The van der Waals surface area contributed by atoms with Gasteiger partial charge >= 0.3 is 0 Å². The lowest BCUT2D eigenvalue weighted by atomic mass is 9.92. The second-order valence-electron chi connectivity index (χ2n) is 6.68. The molecule has 2 heterocycles. The van der Waals surface area contributed by atoms with Crippen LogP contribution >= 0.6 is 0 Å². The molecule has 3 heteroatoms. The van der Waals surface area contributed by atoms with E-state index in [4.69, 9.17) is 5.10 Å². The third-order valence-corrected chi connectivity index (χ3v) is 3.15. The maximum atomic E-state index is 4.70. The highest BCUT2D eigenvalue weighted by atomic mass is 15.4. The molecular weight excluding hydrogens is 198 g/mol. The van der Waals surface area contributed by atoms with Crippen LogP contribution in [0.4, 0.5) is 5.82 Å². The van der Waals surface area contributed by atoms with E-state index in [1.807, 2.05) is 0 Å². The second kappa shape index (κ2) is 3.25. The van der Waals surface area contributed by atoms with E-state index in [-0.39, 0.29) is 11.0 Å². The number of hydrogen-bond donors (Lipinski definition) is 0. The van der Waals surface area contributed by atoms with Crippen molar-refractivity contribution in [1.82, 2.24) is 9.78 Å². The average Bonchev–Trinajstić information content (AvgIpc) is 2.53. The molecule has 0 unspecified atom stereocenters. The van der Waals surface area contributed by atoms with Crippen molar-refractivity contribution in [2.45, 2.75) is 59.0 Å². The first kappa shape index (κ1) is 11.5. The fourth-order valence-electron chi connectivity index (χ4n) is 2.14. The van der Waals surface area contributed by atoms with E-state index in [2.05, 4.69) is 57.2 Å². The Labute approximate surface area is 98.4 Å². The van der Waals surface area contributed by atoms with Crippen molar-refractivity contribution in [3.05, 3.63) is 11.8 Å². The van der Waals surface area contributed by atoms with Gasteiger partial charge in [-0.1, -0.05) is 20.8 Å². The van der Waals surface area contributed by atoms with E-state index in [0.717, 1.165) is 13.1 Å². The first-order valence-corrected chi connectivity index (χ1v) is 6.05. The summed E-state index contributed by atoms with van der Waals surface area (Å²) in [6.07, 6.45) is 0. The molecule has 0 bridgehead atoms. The zero-order chi connectivity index (χ0) is 12.1. The fraction of sp³-hybridized carbons (Fsp3) is 0.769. The Morgan fingerprint density at radius 3 is 2.19 bits per heavy atom. The third kappa shape index (κ3) is 1.83. The lowest BCUT2D eigenvalue weighted by molar-refractivity contribution is 0.511. The molecule has 1 aliphatic rings. The van der Waals surface area contributed by atoms with Gasteiger partial charge in [-0.25, -0.2) is 4.68 Å². The molecule has 2 rings (SSSR count). The molecule has 0 spiro atoms. The first-order chi connectivity index (χ1) is 7.19. The Balaban J connectivity index is 2.38. The van der Waals surface area contributed by atoms with Crippen LogP contribution < -0.4 is 4.90 Å². The summed E-state index contributed by atoms with van der Waals surface area (Å²) in [6, 6.07) is 2.25. The number of aromatic nitrogens is 2. The highest BCUT2D eigenvalue weighted by Gasteiger charge is 2.31. The summed E-state index contributed by atoms with van der Waals surface area (Å²) in [5.41, 5.74) is 1.51. The van der Waals surface area contributed by atoms with Crippen molar-refractivity contribution in [2.24, 2.45) is 0 Å². The van der Waals surface area contributed by atoms with Crippen molar-refractivity contribution in [1.29, 1.82) is 0 Å². The summed E-state index contributed by atoms with van der Waals surface area (Å²) >= 11 is 0. The van der Waals surface area contributed by atoms with Gasteiger partial charge in [0, 0.05) is 23.6 Å². The van der Waals surface area contributed by atoms with Crippen LogP contribution in [-0.2, 0) is 12.0 Å². The van der Waals surface area contributed by atoms with E-state index in [1.165, 1.54) is 11.5 Å². The van der Waals surface area contributed by atoms with E-state index < -0.39 is 0 Å². The summed E-state index contributed by atoms with van der Waals surface area (Å²) < 4.78 is 2.14. The van der Waals surface area contributed by atoms with Crippen molar-refractivity contribution < 1.29 is 0 Å². The number of fused-ring (bicyclic) bond motifs is 1. The molecule has 0 N–H and O–H groups in total. The molecule has 0 atom stereocenters. The van der Waals surface area contributed by atoms with E-state index in [0.29, 0.717) is 0 Å². The van der Waals surface area contributed by atoms with Gasteiger partial charge in [-0.2, -0.15) is 5.10 Å². The average molecular weight is 221 g/mol. The van der Waals surface area contributed by atoms with Gasteiger partial charge in [-0.05, 0) is 20.8 Å². The molecule has 0 saturated heterocycles. The van der Waals surface area contributed by atoms with Crippen LogP contribution in [-0.4, -0.2) is 21.9 Å². The number of anilines is 1. The van der Waals surface area contributed by atoms with Crippen LogP contribution in [0.1, 0.15) is 47.2 Å². The van der Waals surface area contributed by atoms with Gasteiger partial charge in [0.25, 0.3) is 0 Å². The summed E-state index contributed by atoms with van der Waals surface area (Å²) in [7, 11) is 0. The lowest BCUT2D eigenvalue weighted by Gasteiger charge is -2.32. The minimum atomic E-state index is 0.140. The summed E-state index contributed by atoms with van der Waals surface area (Å²) in [5, 5.41) is 4.70. The highest BCUT2D eigenvalue weighted by molar-refractivity contribution is 5.47. The monoisotopic (exact) mass is 221 g/mol. The quantitative estimate of drug-likeness (QED) is 0.671. The summed E-state index contributed by atoms with van der Waals surface area (Å²) in [6.45, 7) is 15.5. The van der Waals surface area contributed by atoms with E-state index in [9.17, 15) is 0 Å². The maximum absolute atomic E-state index is 4.70. The minimum absolute atomic E-state index is 0.140. The molecule has 0 aliphatic carbocycles. The largest absolute Gasteiger partial charge is 0.350 e. The Morgan fingerprint density at radius 2 is 1.69 bits per heavy atom. The standard InChI is InChI=1S/C13H23N3/c1-12(2,3)10-9-11-15(13(4,5)6)7-8-16(11)14-10/h9H,7-8H2,1-6H3. The van der Waals surface area contributed by atoms with Crippen molar-refractivity contribution >= 4 is 5.82 Å². The molecule has 16 heavy (non-hydrogen) atoms. The number of nitrogens with zero attached hydrogens (tertiary/aromatic N) is 3. The first-order valence-electron chi connectivity index (χ1n) is 6.05. The SMILES string of the molecule is CC(C)(C)c1cc2n(n1)CCN2C(C)(C)C. The molecule has 0 radical (unpaired) electrons. The van der Waals surface area contributed by atoms with Gasteiger partial charge in [-0.15, -0.1) is 0 Å². The summed E-state index contributed by atoms with van der Waals surface area (Å²) in [5.74, 6) is 1.28. The Bertz CT molecular complexity index is 390. The van der Waals surface area contributed by atoms with Crippen LogP contribution in [0.25, 0.3) is 0 Å². The van der Waals surface area contributed by atoms with Gasteiger partial charge in [0.05, 0.1) is 12.2 Å². The van der Waals surface area contributed by atoms with Gasteiger partial charge in [0.1, 0.15) is 5.82 Å². The third-order valence-electron chi connectivity index (χ3n) is 3.15. The molecule has 1 aromatic heterocycles. The maximum Gasteiger partial charge on any atom is 0.127 e. The molecule has 0 saturated carbocycles. The van der Waals surface area contributed by atoms with Crippen molar-refractivity contribution in [3.8, 4) is 0 Å². The second-order valence-corrected chi connectivity index (χ2v) is 6.68. The zero-order valence-electron chi connectivity index (χ0n) is 11.3.